The number of piperidine rings is 1. The summed E-state index contributed by atoms with van der Waals surface area (Å²) in [6.45, 7) is 1.74. The average Bonchev–Trinajstić information content (AvgIpc) is 2.65. The topological polar surface area (TPSA) is 93.4 Å². The first-order valence-corrected chi connectivity index (χ1v) is 8.98. The van der Waals surface area contributed by atoms with Gasteiger partial charge in [0.25, 0.3) is 5.91 Å². The second kappa shape index (κ2) is 10.2. The van der Waals surface area contributed by atoms with Crippen LogP contribution in [0.15, 0.2) is 42.1 Å². The van der Waals surface area contributed by atoms with Gasteiger partial charge in [0.2, 0.25) is 0 Å². The SMILES string of the molecule is N#C/C(=C/NCCCC(=O)O)C(=O)N1CCC(Cc2ccccc2)CC1. The summed E-state index contributed by atoms with van der Waals surface area (Å²) in [5.74, 6) is -0.549. The van der Waals surface area contributed by atoms with Crippen LogP contribution in [-0.2, 0) is 16.0 Å². The van der Waals surface area contributed by atoms with Gasteiger partial charge in [-0.1, -0.05) is 30.3 Å². The molecule has 1 saturated heterocycles. The van der Waals surface area contributed by atoms with Crippen LogP contribution < -0.4 is 5.32 Å². The van der Waals surface area contributed by atoms with Crippen LogP contribution in [0.3, 0.4) is 0 Å². The molecule has 1 heterocycles. The molecule has 2 N–H and O–H groups in total. The molecule has 6 nitrogen and oxygen atoms in total. The van der Waals surface area contributed by atoms with E-state index in [0.717, 1.165) is 19.3 Å². The van der Waals surface area contributed by atoms with Crippen molar-refractivity contribution in [3.8, 4) is 6.07 Å². The predicted octanol–water partition coefficient (Wildman–Crippen LogP) is 2.33. The van der Waals surface area contributed by atoms with Gasteiger partial charge >= 0.3 is 5.97 Å². The molecule has 0 radical (unpaired) electrons. The highest BCUT2D eigenvalue weighted by molar-refractivity contribution is 5.97. The number of likely N-dealkylation sites (tertiary alicyclic amines) is 1. The van der Waals surface area contributed by atoms with E-state index in [2.05, 4.69) is 17.4 Å². The Labute approximate surface area is 154 Å². The van der Waals surface area contributed by atoms with Crippen molar-refractivity contribution >= 4 is 11.9 Å². The van der Waals surface area contributed by atoms with Crippen LogP contribution in [-0.4, -0.2) is 41.5 Å². The third kappa shape index (κ3) is 6.25. The van der Waals surface area contributed by atoms with Gasteiger partial charge in [0.15, 0.2) is 0 Å². The molecule has 1 fully saturated rings. The monoisotopic (exact) mass is 355 g/mol. The first-order valence-electron chi connectivity index (χ1n) is 8.98. The lowest BCUT2D eigenvalue weighted by Crippen LogP contribution is -2.39. The number of nitriles is 1. The summed E-state index contributed by atoms with van der Waals surface area (Å²) in [6, 6.07) is 12.3. The van der Waals surface area contributed by atoms with Gasteiger partial charge in [-0.15, -0.1) is 0 Å². The minimum Gasteiger partial charge on any atom is -0.481 e. The molecular formula is C20H25N3O3. The number of carbonyl (C=O) groups is 2. The first-order chi connectivity index (χ1) is 12.6. The Kier molecular flexibility index (Phi) is 7.69. The van der Waals surface area contributed by atoms with Crippen LogP contribution in [0.5, 0.6) is 0 Å². The zero-order valence-electron chi connectivity index (χ0n) is 14.9. The second-order valence-corrected chi connectivity index (χ2v) is 6.55. The van der Waals surface area contributed by atoms with E-state index >= 15 is 0 Å². The summed E-state index contributed by atoms with van der Waals surface area (Å²) in [4.78, 5) is 24.7. The van der Waals surface area contributed by atoms with Crippen molar-refractivity contribution in [3.05, 3.63) is 47.7 Å². The molecular weight excluding hydrogens is 330 g/mol. The molecule has 1 aliphatic rings. The van der Waals surface area contributed by atoms with Crippen LogP contribution in [0.25, 0.3) is 0 Å². The standard InChI is InChI=1S/C20H25N3O3/c21-14-18(15-22-10-4-7-19(24)25)20(26)23-11-8-17(9-12-23)13-16-5-2-1-3-6-16/h1-3,5-6,15,17,22H,4,7-13H2,(H,24,25)/b18-15-. The number of amides is 1. The summed E-state index contributed by atoms with van der Waals surface area (Å²) in [5, 5.41) is 20.7. The highest BCUT2D eigenvalue weighted by Crippen LogP contribution is 2.22. The van der Waals surface area contributed by atoms with E-state index in [4.69, 9.17) is 5.11 Å². The highest BCUT2D eigenvalue weighted by Gasteiger charge is 2.25. The molecule has 0 atom stereocenters. The van der Waals surface area contributed by atoms with Crippen molar-refractivity contribution in [2.75, 3.05) is 19.6 Å². The fourth-order valence-corrected chi connectivity index (χ4v) is 3.12. The molecule has 6 heteroatoms. The number of nitrogens with zero attached hydrogens (tertiary/aromatic N) is 2. The summed E-state index contributed by atoms with van der Waals surface area (Å²) < 4.78 is 0. The maximum atomic E-state index is 12.5. The fourth-order valence-electron chi connectivity index (χ4n) is 3.12. The second-order valence-electron chi connectivity index (χ2n) is 6.55. The third-order valence-electron chi connectivity index (χ3n) is 4.58. The smallest absolute Gasteiger partial charge is 0.303 e. The largest absolute Gasteiger partial charge is 0.481 e. The van der Waals surface area contributed by atoms with Crippen LogP contribution in [0.4, 0.5) is 0 Å². The van der Waals surface area contributed by atoms with Gasteiger partial charge in [-0.25, -0.2) is 0 Å². The zero-order chi connectivity index (χ0) is 18.8. The Morgan fingerprint density at radius 2 is 1.96 bits per heavy atom. The number of hydrogen-bond acceptors (Lipinski definition) is 4. The maximum absolute atomic E-state index is 12.5. The Bertz CT molecular complexity index is 671. The van der Waals surface area contributed by atoms with E-state index in [1.165, 1.54) is 11.8 Å². The number of aliphatic carboxylic acids is 1. The molecule has 0 unspecified atom stereocenters. The van der Waals surface area contributed by atoms with E-state index in [1.807, 2.05) is 24.3 Å². The Balaban J connectivity index is 1.78. The van der Waals surface area contributed by atoms with Gasteiger partial charge in [0.1, 0.15) is 11.6 Å². The number of carboxylic acids is 1. The van der Waals surface area contributed by atoms with Crippen molar-refractivity contribution < 1.29 is 14.7 Å². The van der Waals surface area contributed by atoms with Crippen molar-refractivity contribution in [2.24, 2.45) is 5.92 Å². The molecule has 0 bridgehead atoms. The van der Waals surface area contributed by atoms with Crippen molar-refractivity contribution in [1.29, 1.82) is 5.26 Å². The van der Waals surface area contributed by atoms with E-state index in [-0.39, 0.29) is 17.9 Å². The molecule has 1 aromatic carbocycles. The number of rotatable bonds is 8. The molecule has 1 aliphatic heterocycles. The van der Waals surface area contributed by atoms with E-state index in [9.17, 15) is 14.9 Å². The van der Waals surface area contributed by atoms with Gasteiger partial charge in [0, 0.05) is 32.3 Å². The molecule has 1 amide bonds. The minimum absolute atomic E-state index is 0.0611. The number of carboxylic acid groups (broad SMARTS) is 1. The van der Waals surface area contributed by atoms with E-state index in [0.29, 0.717) is 32.0 Å². The van der Waals surface area contributed by atoms with Crippen LogP contribution >= 0.6 is 0 Å². The zero-order valence-corrected chi connectivity index (χ0v) is 14.9. The van der Waals surface area contributed by atoms with Crippen molar-refractivity contribution in [1.82, 2.24) is 10.2 Å². The van der Waals surface area contributed by atoms with Crippen LogP contribution in [0.1, 0.15) is 31.2 Å². The van der Waals surface area contributed by atoms with Crippen molar-refractivity contribution in [2.45, 2.75) is 32.1 Å². The Morgan fingerprint density at radius 3 is 2.58 bits per heavy atom. The minimum atomic E-state index is -0.856. The third-order valence-corrected chi connectivity index (χ3v) is 4.58. The number of hydrogen-bond donors (Lipinski definition) is 2. The molecule has 0 aromatic heterocycles. The summed E-state index contributed by atoms with van der Waals surface area (Å²) in [5.41, 5.74) is 1.39. The molecule has 2 rings (SSSR count). The number of benzene rings is 1. The van der Waals surface area contributed by atoms with Crippen LogP contribution in [0, 0.1) is 17.2 Å². The van der Waals surface area contributed by atoms with Crippen LogP contribution in [0.2, 0.25) is 0 Å². The molecule has 0 saturated carbocycles. The summed E-state index contributed by atoms with van der Waals surface area (Å²) in [7, 11) is 0. The highest BCUT2D eigenvalue weighted by atomic mass is 16.4. The summed E-state index contributed by atoms with van der Waals surface area (Å²) in [6.07, 6.45) is 4.81. The molecule has 138 valence electrons. The van der Waals surface area contributed by atoms with Gasteiger partial charge in [0.05, 0.1) is 0 Å². The predicted molar refractivity (Wildman–Crippen MR) is 98.0 cm³/mol. The fraction of sp³-hybridized carbons (Fsp3) is 0.450. The van der Waals surface area contributed by atoms with E-state index in [1.54, 1.807) is 4.90 Å². The van der Waals surface area contributed by atoms with Gasteiger partial charge in [-0.05, 0) is 37.2 Å². The van der Waals surface area contributed by atoms with Gasteiger partial charge in [-0.3, -0.25) is 9.59 Å². The quantitative estimate of drug-likeness (QED) is 0.424. The van der Waals surface area contributed by atoms with E-state index < -0.39 is 5.97 Å². The maximum Gasteiger partial charge on any atom is 0.303 e. The molecule has 0 aliphatic carbocycles. The van der Waals surface area contributed by atoms with Gasteiger partial charge < -0.3 is 15.3 Å². The lowest BCUT2D eigenvalue weighted by atomic mass is 9.90. The molecule has 26 heavy (non-hydrogen) atoms. The lowest BCUT2D eigenvalue weighted by molar-refractivity contribution is -0.137. The Hall–Kier alpha value is -2.81. The Morgan fingerprint density at radius 1 is 1.27 bits per heavy atom. The number of nitrogens with one attached hydrogen (secondary N) is 1. The summed E-state index contributed by atoms with van der Waals surface area (Å²) >= 11 is 0. The normalized spacial score (nSPS) is 15.3. The number of carbonyl (C=O) groups excluding carboxylic acids is 1. The first kappa shape index (κ1) is 19.5. The molecule has 0 spiro atoms. The lowest BCUT2D eigenvalue weighted by Gasteiger charge is -2.32. The van der Waals surface area contributed by atoms with Crippen molar-refractivity contribution in [3.63, 3.8) is 0 Å². The average molecular weight is 355 g/mol. The van der Waals surface area contributed by atoms with Gasteiger partial charge in [-0.2, -0.15) is 5.26 Å². The molecule has 1 aromatic rings.